The van der Waals surface area contributed by atoms with Gasteiger partial charge in [-0.25, -0.2) is 0 Å². The number of hydrogen-bond donors (Lipinski definition) is 3. The fourth-order valence-electron chi connectivity index (χ4n) is 1.98. The van der Waals surface area contributed by atoms with E-state index in [4.69, 9.17) is 5.73 Å². The van der Waals surface area contributed by atoms with Crippen LogP contribution in [0.15, 0.2) is 0 Å². The second-order valence-electron chi connectivity index (χ2n) is 5.87. The molecule has 0 aromatic rings. The first-order chi connectivity index (χ1) is 7.30. The highest BCUT2D eigenvalue weighted by molar-refractivity contribution is 5.82. The Bertz CT molecular complexity index is 248. The third-order valence-corrected chi connectivity index (χ3v) is 3.21. The van der Waals surface area contributed by atoms with Gasteiger partial charge in [-0.15, -0.1) is 0 Å². The Morgan fingerprint density at radius 2 is 2.06 bits per heavy atom. The van der Waals surface area contributed by atoms with Crippen molar-refractivity contribution in [1.82, 2.24) is 5.32 Å². The third-order valence-electron chi connectivity index (χ3n) is 3.21. The van der Waals surface area contributed by atoms with Crippen LogP contribution in [0.4, 0.5) is 0 Å². The molecule has 3 atom stereocenters. The zero-order chi connectivity index (χ0) is 12.3. The molecule has 0 spiro atoms. The van der Waals surface area contributed by atoms with Gasteiger partial charge in [0.2, 0.25) is 5.91 Å². The Labute approximate surface area is 97.6 Å². The van der Waals surface area contributed by atoms with Gasteiger partial charge in [0.25, 0.3) is 0 Å². The van der Waals surface area contributed by atoms with Crippen LogP contribution in [0.25, 0.3) is 0 Å². The topological polar surface area (TPSA) is 75.4 Å². The van der Waals surface area contributed by atoms with Crippen LogP contribution in [0.5, 0.6) is 0 Å². The third kappa shape index (κ3) is 3.76. The molecule has 0 aliphatic heterocycles. The van der Waals surface area contributed by atoms with Gasteiger partial charge in [0.1, 0.15) is 0 Å². The molecule has 3 unspecified atom stereocenters. The summed E-state index contributed by atoms with van der Waals surface area (Å²) in [5.41, 5.74) is 5.65. The van der Waals surface area contributed by atoms with Gasteiger partial charge < -0.3 is 16.2 Å². The van der Waals surface area contributed by atoms with Crippen molar-refractivity contribution in [1.29, 1.82) is 0 Å². The molecule has 1 aliphatic carbocycles. The van der Waals surface area contributed by atoms with E-state index < -0.39 is 6.04 Å². The Morgan fingerprint density at radius 3 is 2.56 bits per heavy atom. The number of aliphatic hydroxyl groups excluding tert-OH is 1. The average Bonchev–Trinajstić information content (AvgIpc) is 2.15. The summed E-state index contributed by atoms with van der Waals surface area (Å²) in [6, 6.07) is -0.406. The summed E-state index contributed by atoms with van der Waals surface area (Å²) in [5.74, 6) is -0.105. The molecule has 4 N–H and O–H groups in total. The molecular formula is C12H24N2O2. The number of carbonyl (C=O) groups excluding carboxylic acids is 1. The zero-order valence-corrected chi connectivity index (χ0v) is 10.5. The van der Waals surface area contributed by atoms with Crippen molar-refractivity contribution < 1.29 is 9.90 Å². The van der Waals surface area contributed by atoms with E-state index in [1.54, 1.807) is 0 Å². The van der Waals surface area contributed by atoms with Crippen LogP contribution >= 0.6 is 0 Å². The van der Waals surface area contributed by atoms with E-state index in [-0.39, 0.29) is 23.5 Å². The molecule has 0 radical (unpaired) electrons. The lowest BCUT2D eigenvalue weighted by Crippen LogP contribution is -2.52. The molecule has 0 bridgehead atoms. The lowest BCUT2D eigenvalue weighted by Gasteiger charge is -2.31. The van der Waals surface area contributed by atoms with Crippen molar-refractivity contribution in [3.05, 3.63) is 0 Å². The number of aliphatic hydroxyl groups is 1. The summed E-state index contributed by atoms with van der Waals surface area (Å²) in [7, 11) is 0. The van der Waals surface area contributed by atoms with Gasteiger partial charge in [-0.2, -0.15) is 0 Å². The maximum atomic E-state index is 11.8. The van der Waals surface area contributed by atoms with Crippen LogP contribution in [0.2, 0.25) is 0 Å². The molecule has 1 rings (SSSR count). The predicted octanol–water partition coefficient (Wildman–Crippen LogP) is 0.779. The van der Waals surface area contributed by atoms with Crippen LogP contribution < -0.4 is 11.1 Å². The molecule has 1 amide bonds. The van der Waals surface area contributed by atoms with E-state index in [0.717, 1.165) is 19.3 Å². The molecule has 1 aliphatic rings. The van der Waals surface area contributed by atoms with E-state index in [1.165, 1.54) is 0 Å². The summed E-state index contributed by atoms with van der Waals surface area (Å²) >= 11 is 0. The first-order valence-electron chi connectivity index (χ1n) is 6.04. The van der Waals surface area contributed by atoms with Crippen molar-refractivity contribution in [3.63, 3.8) is 0 Å². The molecule has 4 nitrogen and oxygen atoms in total. The molecule has 0 saturated heterocycles. The van der Waals surface area contributed by atoms with E-state index in [9.17, 15) is 9.90 Å². The summed E-state index contributed by atoms with van der Waals surface area (Å²) in [5, 5.41) is 12.4. The van der Waals surface area contributed by atoms with Gasteiger partial charge in [0, 0.05) is 6.04 Å². The van der Waals surface area contributed by atoms with Crippen LogP contribution in [0, 0.1) is 5.41 Å². The standard InChI is InChI=1S/C12H24N2O2/c1-12(2,3)10(13)11(16)14-8-5-4-6-9(15)7-8/h8-10,15H,4-7,13H2,1-3H3,(H,14,16). The van der Waals surface area contributed by atoms with Crippen molar-refractivity contribution in [2.24, 2.45) is 11.1 Å². The first kappa shape index (κ1) is 13.5. The molecular weight excluding hydrogens is 204 g/mol. The number of carbonyl (C=O) groups is 1. The number of hydrogen-bond acceptors (Lipinski definition) is 3. The van der Waals surface area contributed by atoms with E-state index >= 15 is 0 Å². The van der Waals surface area contributed by atoms with Gasteiger partial charge >= 0.3 is 0 Å². The van der Waals surface area contributed by atoms with Crippen molar-refractivity contribution >= 4 is 5.91 Å². The van der Waals surface area contributed by atoms with Crippen LogP contribution in [0.3, 0.4) is 0 Å². The monoisotopic (exact) mass is 228 g/mol. The number of rotatable bonds is 2. The van der Waals surface area contributed by atoms with Crippen LogP contribution in [-0.2, 0) is 4.79 Å². The zero-order valence-electron chi connectivity index (χ0n) is 10.5. The highest BCUT2D eigenvalue weighted by atomic mass is 16.3. The van der Waals surface area contributed by atoms with E-state index in [1.807, 2.05) is 20.8 Å². The van der Waals surface area contributed by atoms with Crippen molar-refractivity contribution in [3.8, 4) is 0 Å². The van der Waals surface area contributed by atoms with Gasteiger partial charge in [-0.3, -0.25) is 4.79 Å². The number of nitrogens with two attached hydrogens (primary N) is 1. The molecule has 16 heavy (non-hydrogen) atoms. The van der Waals surface area contributed by atoms with Crippen LogP contribution in [-0.4, -0.2) is 29.2 Å². The normalized spacial score (nSPS) is 28.6. The maximum absolute atomic E-state index is 11.8. The smallest absolute Gasteiger partial charge is 0.237 e. The van der Waals surface area contributed by atoms with Gasteiger partial charge in [-0.05, 0) is 31.1 Å². The Balaban J connectivity index is 2.45. The van der Waals surface area contributed by atoms with Crippen molar-refractivity contribution in [2.45, 2.75) is 64.6 Å². The van der Waals surface area contributed by atoms with Gasteiger partial charge in [0.15, 0.2) is 0 Å². The van der Waals surface area contributed by atoms with Crippen molar-refractivity contribution in [2.75, 3.05) is 0 Å². The predicted molar refractivity (Wildman–Crippen MR) is 63.8 cm³/mol. The summed E-state index contributed by atoms with van der Waals surface area (Å²) in [6.07, 6.45) is 3.14. The Morgan fingerprint density at radius 1 is 1.44 bits per heavy atom. The minimum absolute atomic E-state index is 0.0876. The molecule has 94 valence electrons. The Kier molecular flexibility index (Phi) is 4.33. The summed E-state index contributed by atoms with van der Waals surface area (Å²) < 4.78 is 0. The number of nitrogens with one attached hydrogen (secondary N) is 1. The van der Waals surface area contributed by atoms with E-state index in [0.29, 0.717) is 6.42 Å². The molecule has 0 aromatic heterocycles. The average molecular weight is 228 g/mol. The fourth-order valence-corrected chi connectivity index (χ4v) is 1.98. The highest BCUT2D eigenvalue weighted by Gasteiger charge is 2.30. The highest BCUT2D eigenvalue weighted by Crippen LogP contribution is 2.20. The number of amides is 1. The lowest BCUT2D eigenvalue weighted by molar-refractivity contribution is -0.125. The van der Waals surface area contributed by atoms with Crippen LogP contribution in [0.1, 0.15) is 46.5 Å². The quantitative estimate of drug-likeness (QED) is 0.654. The minimum atomic E-state index is -0.494. The lowest BCUT2D eigenvalue weighted by atomic mass is 9.86. The second kappa shape index (κ2) is 5.15. The Hall–Kier alpha value is -0.610. The SMILES string of the molecule is CC(C)(C)C(N)C(=O)NC1CCCC(O)C1. The fraction of sp³-hybridized carbons (Fsp3) is 0.917. The first-order valence-corrected chi connectivity index (χ1v) is 6.04. The maximum Gasteiger partial charge on any atom is 0.237 e. The molecule has 4 heteroatoms. The molecule has 0 aromatic carbocycles. The summed E-state index contributed by atoms with van der Waals surface area (Å²) in [4.78, 5) is 11.8. The summed E-state index contributed by atoms with van der Waals surface area (Å²) in [6.45, 7) is 5.85. The second-order valence-corrected chi connectivity index (χ2v) is 5.87. The largest absolute Gasteiger partial charge is 0.393 e. The molecule has 0 heterocycles. The minimum Gasteiger partial charge on any atom is -0.393 e. The van der Waals surface area contributed by atoms with E-state index in [2.05, 4.69) is 5.32 Å². The van der Waals surface area contributed by atoms with Gasteiger partial charge in [0.05, 0.1) is 12.1 Å². The molecule has 1 fully saturated rings. The van der Waals surface area contributed by atoms with Gasteiger partial charge in [-0.1, -0.05) is 20.8 Å². The molecule has 1 saturated carbocycles.